The largest absolute Gasteiger partial charge is 2.00 e. The Morgan fingerprint density at radius 2 is 0.731 bits per heavy atom. The van der Waals surface area contributed by atoms with Crippen molar-refractivity contribution in [3.05, 3.63) is 146 Å². The van der Waals surface area contributed by atoms with Gasteiger partial charge in [0.15, 0.2) is 23.1 Å². The van der Waals surface area contributed by atoms with Crippen molar-refractivity contribution in [1.29, 1.82) is 0 Å². The quantitative estimate of drug-likeness (QED) is 0.00930. The molecule has 4 rings (SSSR count). The predicted octanol–water partition coefficient (Wildman–Crippen LogP) is 4.77. The van der Waals surface area contributed by atoms with Crippen LogP contribution in [0.3, 0.4) is 0 Å². The van der Waals surface area contributed by atoms with E-state index in [1.807, 2.05) is 30.3 Å². The number of hydrogen-bond acceptors (Lipinski definition) is 26. The summed E-state index contributed by atoms with van der Waals surface area (Å²) in [5.74, 6) is -11.9. The molecule has 15 N–H and O–H groups in total. The molecule has 36 heteroatoms. The van der Waals surface area contributed by atoms with Crippen LogP contribution < -0.4 is 48.5 Å². The van der Waals surface area contributed by atoms with Crippen molar-refractivity contribution in [3.8, 4) is 11.5 Å². The number of ketones is 5. The van der Waals surface area contributed by atoms with Crippen molar-refractivity contribution in [1.82, 2.24) is 48.5 Å². The molecule has 0 spiro atoms. The van der Waals surface area contributed by atoms with Crippen LogP contribution in [0.25, 0.3) is 0 Å². The standard InChI is InChI=1S/C39H55N5O13.C38H53N3O11.C3H7NO2.CH4.2CH3.Fe/c1-26(45)41-33(23-27-6-4-3-5-7-27)35(48)25-30(22-28-8-11-31(46)12-9-28)39(52)42-32(13-15-37(50)44-54)34(47)24-29(10-14-36(49)43-53)38(51)40-16-17-56-20-21-57-19-18-55-2;1-26(42)22-31(23-28-8-5-4-6-9-28)38(48)40-33(24-29-11-14-32(43)15-12-29)35(45)25-30(13-16-36(46)41-49)37(47)39-27(2)34(44)10-7-17-51-20-21-52-19-18-50-3;1-2-3(5)4-6;;;;/h3-9,11-12,29-30,32-33,46,53-54H,10,13-25H2,1-2H3,(H,40,51)(H,41,45)(H,42,52)(H,43,49)(H,44,50);4-6,8-9,11-12,14-15,27,30-31,33,43,49H,7,10,13,16-25H2,1-3H3,(H,39,47)(H,40,48)(H,41,46);6H,2H2,1H3,(H,4,5);1H4;2*1H3;/q;;;;2*-1;+2/t29?,30-,32?,33-;27?,30?,31-,33+;;;;;/m11...../s1. The molecule has 8 atom stereocenters. The molecule has 4 unspecified atom stereocenters. The third-order valence-corrected chi connectivity index (χ3v) is 17.6. The molecule has 0 aliphatic rings. The van der Waals surface area contributed by atoms with E-state index in [-0.39, 0.29) is 165 Å². The van der Waals surface area contributed by atoms with E-state index in [9.17, 15) is 77.3 Å². The van der Waals surface area contributed by atoms with Gasteiger partial charge < -0.3 is 84.9 Å². The number of Topliss-reactive ketones (excluding diaryl/α,β-unsaturated/α-hetero) is 5. The monoisotopic (exact) mass is 1720 g/mol. The Morgan fingerprint density at radius 1 is 0.378 bits per heavy atom. The van der Waals surface area contributed by atoms with Crippen LogP contribution in [0.1, 0.15) is 141 Å². The summed E-state index contributed by atoms with van der Waals surface area (Å²) in [5, 5.41) is 67.9. The molecule has 666 valence electrons. The molecule has 4 aromatic carbocycles. The minimum atomic E-state index is -1.38. The zero-order valence-electron chi connectivity index (χ0n) is 68.5. The van der Waals surface area contributed by atoms with Gasteiger partial charge in [-0.25, -0.2) is 21.9 Å². The van der Waals surface area contributed by atoms with Gasteiger partial charge in [0.1, 0.15) is 17.3 Å². The summed E-state index contributed by atoms with van der Waals surface area (Å²) < 4.78 is 31.3. The SMILES string of the molecule is C.CCC(=O)NO.COCCOCCOCCCC(=O)C(C)NC(=O)C(CCC(=O)NO)CC(=O)[C@H](Cc1ccc(O)cc1)NC(=O)[C@H](CC(C)=O)Cc1ccccc1.COCCOCCOCCNC(=O)C(CCC(=O)NO)CC(=O)C(CCC(=O)NO)NC(=O)[C@@H](CC(=O)[C@@H](Cc1ccccc1)NC(C)=O)Cc1ccc(O)cc1.[CH3-].[CH3-].[Fe+2]. The molecule has 0 heterocycles. The summed E-state index contributed by atoms with van der Waals surface area (Å²) in [6.07, 6.45) is -1.64. The molecule has 35 nitrogen and oxygen atoms in total. The Hall–Kier alpha value is -9.82. The Kier molecular flexibility index (Phi) is 64.8. The number of benzene rings is 4. The number of hydrogen-bond donors (Lipinski definition) is 15. The number of aromatic hydroxyl groups is 2. The van der Waals surface area contributed by atoms with Gasteiger partial charge in [-0.2, -0.15) is 0 Å². The summed E-state index contributed by atoms with van der Waals surface area (Å²) in [6.45, 7) is 9.40. The van der Waals surface area contributed by atoms with Crippen molar-refractivity contribution in [2.75, 3.05) is 86.8 Å². The van der Waals surface area contributed by atoms with Crippen LogP contribution in [-0.4, -0.2) is 224 Å². The van der Waals surface area contributed by atoms with E-state index in [1.165, 1.54) is 67.0 Å². The molecule has 0 aromatic heterocycles. The topological polar surface area (TPSA) is 524 Å². The molecule has 0 saturated heterocycles. The maximum Gasteiger partial charge on any atom is 2.00 e. The zero-order valence-corrected chi connectivity index (χ0v) is 69.6. The number of nitrogens with one attached hydrogen (secondary N) is 9. The first-order chi connectivity index (χ1) is 55.1. The first-order valence-electron chi connectivity index (χ1n) is 37.8. The Bertz CT molecular complexity index is 3600. The molecule has 0 saturated carbocycles. The van der Waals surface area contributed by atoms with E-state index < -0.39 is 132 Å². The second-order valence-electron chi connectivity index (χ2n) is 26.8. The Labute approximate surface area is 707 Å². The number of amides is 9. The Balaban J connectivity index is -0.00000205. The van der Waals surface area contributed by atoms with Crippen LogP contribution in [0.15, 0.2) is 109 Å². The molecule has 0 aliphatic heterocycles. The molecule has 0 radical (unpaired) electrons. The van der Waals surface area contributed by atoms with Gasteiger partial charge in [0.25, 0.3) is 0 Å². The van der Waals surface area contributed by atoms with Crippen molar-refractivity contribution < 1.29 is 144 Å². The van der Waals surface area contributed by atoms with E-state index >= 15 is 0 Å². The van der Waals surface area contributed by atoms with Crippen molar-refractivity contribution >= 4 is 82.1 Å². The minimum absolute atomic E-state index is 0. The number of rotatable bonds is 57. The van der Waals surface area contributed by atoms with Gasteiger partial charge in [-0.1, -0.05) is 99.3 Å². The molecular formula is C83H125FeN9O26. The van der Waals surface area contributed by atoms with Crippen LogP contribution in [0, 0.1) is 38.5 Å². The van der Waals surface area contributed by atoms with E-state index in [4.69, 9.17) is 49.3 Å². The molecule has 9 amide bonds. The fourth-order valence-corrected chi connectivity index (χ4v) is 11.3. The average molecular weight is 1720 g/mol. The number of carbonyl (C=O) groups is 14. The van der Waals surface area contributed by atoms with Gasteiger partial charge in [0, 0.05) is 116 Å². The summed E-state index contributed by atoms with van der Waals surface area (Å²) in [5.41, 5.74) is 8.74. The normalized spacial score (nSPS) is 12.4. The molecular weight excluding hydrogens is 1590 g/mol. The van der Waals surface area contributed by atoms with Gasteiger partial charge in [-0.15, -0.1) is 0 Å². The second kappa shape index (κ2) is 68.0. The molecule has 0 fully saturated rings. The van der Waals surface area contributed by atoms with E-state index in [2.05, 4.69) is 26.6 Å². The van der Waals surface area contributed by atoms with Gasteiger partial charge >= 0.3 is 17.1 Å². The van der Waals surface area contributed by atoms with Crippen molar-refractivity contribution in [2.24, 2.45) is 23.7 Å². The zero-order chi connectivity index (χ0) is 85.3. The number of hydroxylamine groups is 4. The van der Waals surface area contributed by atoms with E-state index in [1.54, 1.807) is 75.7 Å². The third kappa shape index (κ3) is 52.0. The summed E-state index contributed by atoms with van der Waals surface area (Å²) in [7, 11) is 3.13. The summed E-state index contributed by atoms with van der Waals surface area (Å²) >= 11 is 0. The molecule has 4 aromatic rings. The second-order valence-corrected chi connectivity index (χ2v) is 26.8. The minimum Gasteiger partial charge on any atom is -0.508 e. The third-order valence-electron chi connectivity index (χ3n) is 17.6. The summed E-state index contributed by atoms with van der Waals surface area (Å²) in [6, 6.07) is 25.8. The smallest absolute Gasteiger partial charge is 0.508 e. The Morgan fingerprint density at radius 3 is 1.15 bits per heavy atom. The van der Waals surface area contributed by atoms with Gasteiger partial charge in [0.2, 0.25) is 53.2 Å². The van der Waals surface area contributed by atoms with Crippen molar-refractivity contribution in [3.63, 3.8) is 0 Å². The number of methoxy groups -OCH3 is 2. The van der Waals surface area contributed by atoms with Crippen LogP contribution >= 0.6 is 0 Å². The van der Waals surface area contributed by atoms with Crippen LogP contribution in [0.2, 0.25) is 0 Å². The van der Waals surface area contributed by atoms with Gasteiger partial charge in [-0.05, 0) is 112 Å². The number of phenolic OH excluding ortho intramolecular Hbond substituents is 2. The maximum atomic E-state index is 14.1. The number of ether oxygens (including phenoxy) is 6. The van der Waals surface area contributed by atoms with E-state index in [0.717, 1.165) is 11.1 Å². The van der Waals surface area contributed by atoms with Crippen LogP contribution in [0.5, 0.6) is 11.5 Å². The summed E-state index contributed by atoms with van der Waals surface area (Å²) in [4.78, 5) is 179. The maximum absolute atomic E-state index is 14.1. The fraction of sp³-hybridized carbons (Fsp3) is 0.518. The predicted molar refractivity (Wildman–Crippen MR) is 433 cm³/mol. The first-order valence-corrected chi connectivity index (χ1v) is 37.8. The molecule has 0 aliphatic carbocycles. The van der Waals surface area contributed by atoms with E-state index in [0.29, 0.717) is 76.8 Å². The van der Waals surface area contributed by atoms with Crippen LogP contribution in [0.4, 0.5) is 0 Å². The van der Waals surface area contributed by atoms with Crippen molar-refractivity contribution in [2.45, 2.75) is 168 Å². The number of carbonyl (C=O) groups excluding carboxylic acids is 14. The number of phenols is 2. The first kappa shape index (κ1) is 113. The average Bonchev–Trinajstić information content (AvgIpc) is 0.851. The molecule has 119 heavy (non-hydrogen) atoms. The van der Waals surface area contributed by atoms with Crippen LogP contribution in [-0.2, 0) is 138 Å². The van der Waals surface area contributed by atoms with Gasteiger partial charge in [0.05, 0.1) is 83.6 Å². The van der Waals surface area contributed by atoms with Gasteiger partial charge in [-0.3, -0.25) is 83.2 Å². The molecule has 0 bridgehead atoms. The fourth-order valence-electron chi connectivity index (χ4n) is 11.3.